The van der Waals surface area contributed by atoms with Crippen molar-refractivity contribution in [3.8, 4) is 5.75 Å². The second-order valence-electron chi connectivity index (χ2n) is 8.51. The molecule has 1 saturated carbocycles. The van der Waals surface area contributed by atoms with Crippen molar-refractivity contribution in [2.75, 3.05) is 33.3 Å². The van der Waals surface area contributed by atoms with Crippen LogP contribution in [0.4, 0.5) is 4.79 Å². The third-order valence-corrected chi connectivity index (χ3v) is 6.73. The maximum absolute atomic E-state index is 12.7. The highest BCUT2D eigenvalue weighted by atomic mass is 16.5. The maximum Gasteiger partial charge on any atom is 0.325 e. The summed E-state index contributed by atoms with van der Waals surface area (Å²) in [6.45, 7) is 3.37. The number of carbonyl (C=O) groups is 2. The van der Waals surface area contributed by atoms with Crippen molar-refractivity contribution in [1.29, 1.82) is 0 Å². The molecule has 2 aliphatic heterocycles. The monoisotopic (exact) mass is 385 g/mol. The second-order valence-corrected chi connectivity index (χ2v) is 8.51. The quantitative estimate of drug-likeness (QED) is 0.765. The van der Waals surface area contributed by atoms with Crippen molar-refractivity contribution in [2.45, 2.75) is 50.5 Å². The van der Waals surface area contributed by atoms with Crippen LogP contribution in [0.15, 0.2) is 24.3 Å². The Morgan fingerprint density at radius 2 is 1.75 bits per heavy atom. The van der Waals surface area contributed by atoms with Gasteiger partial charge in [-0.15, -0.1) is 0 Å². The molecular weight excluding hydrogens is 354 g/mol. The molecule has 3 aliphatic rings. The third kappa shape index (κ3) is 3.88. The van der Waals surface area contributed by atoms with Crippen LogP contribution in [0, 0.1) is 5.92 Å². The lowest BCUT2D eigenvalue weighted by Crippen LogP contribution is -2.45. The molecule has 28 heavy (non-hydrogen) atoms. The Morgan fingerprint density at radius 3 is 2.39 bits per heavy atom. The van der Waals surface area contributed by atoms with E-state index >= 15 is 0 Å². The maximum atomic E-state index is 12.7. The Kier molecular flexibility index (Phi) is 5.58. The van der Waals surface area contributed by atoms with Gasteiger partial charge in [0.1, 0.15) is 11.3 Å². The minimum atomic E-state index is -0.581. The number of hydrogen-bond donors (Lipinski definition) is 1. The van der Waals surface area contributed by atoms with Crippen molar-refractivity contribution in [1.82, 2.24) is 15.1 Å². The fourth-order valence-corrected chi connectivity index (χ4v) is 4.95. The van der Waals surface area contributed by atoms with E-state index < -0.39 is 5.54 Å². The number of nitrogens with zero attached hydrogens (tertiary/aromatic N) is 2. The molecule has 3 amide bonds. The summed E-state index contributed by atoms with van der Waals surface area (Å²) in [4.78, 5) is 28.9. The summed E-state index contributed by atoms with van der Waals surface area (Å²) in [7, 11) is 1.69. The van der Waals surface area contributed by atoms with E-state index in [1.807, 2.05) is 12.1 Å². The highest BCUT2D eigenvalue weighted by Gasteiger charge is 2.52. The smallest absolute Gasteiger partial charge is 0.325 e. The van der Waals surface area contributed by atoms with E-state index in [-0.39, 0.29) is 11.9 Å². The van der Waals surface area contributed by atoms with Crippen molar-refractivity contribution < 1.29 is 14.3 Å². The van der Waals surface area contributed by atoms with Gasteiger partial charge in [0.2, 0.25) is 0 Å². The van der Waals surface area contributed by atoms with Crippen LogP contribution in [0.1, 0.15) is 44.1 Å². The van der Waals surface area contributed by atoms with Crippen molar-refractivity contribution in [2.24, 2.45) is 5.92 Å². The van der Waals surface area contributed by atoms with Gasteiger partial charge in [-0.05, 0) is 68.8 Å². The van der Waals surface area contributed by atoms with Crippen LogP contribution in [0.2, 0.25) is 0 Å². The Balaban J connectivity index is 1.22. The standard InChI is InChI=1S/C22H31N3O3/c1-28-19-6-4-17(5-7-19)16-18-8-12-24(13-9-18)14-15-25-20(26)22(23-21(25)27)10-2-3-11-22/h4-7,18H,2-3,8-16H2,1H3,(H,23,27). The number of benzene rings is 1. The molecule has 1 aliphatic carbocycles. The number of methoxy groups -OCH3 is 1. The van der Waals surface area contributed by atoms with Gasteiger partial charge in [0.15, 0.2) is 0 Å². The van der Waals surface area contributed by atoms with Gasteiger partial charge in [0.25, 0.3) is 5.91 Å². The number of nitrogens with one attached hydrogen (secondary N) is 1. The number of urea groups is 1. The van der Waals surface area contributed by atoms with E-state index in [4.69, 9.17) is 4.74 Å². The van der Waals surface area contributed by atoms with E-state index in [1.54, 1.807) is 7.11 Å². The van der Waals surface area contributed by atoms with Gasteiger partial charge < -0.3 is 15.0 Å². The van der Waals surface area contributed by atoms with Gasteiger partial charge in [0.05, 0.1) is 7.11 Å². The zero-order chi connectivity index (χ0) is 19.6. The van der Waals surface area contributed by atoms with Gasteiger partial charge in [-0.25, -0.2) is 4.79 Å². The molecule has 6 nitrogen and oxygen atoms in total. The molecule has 0 bridgehead atoms. The Labute approximate surface area is 167 Å². The molecule has 1 aromatic rings. The first-order chi connectivity index (χ1) is 13.6. The fourth-order valence-electron chi connectivity index (χ4n) is 4.95. The largest absolute Gasteiger partial charge is 0.497 e. The molecular formula is C22H31N3O3. The van der Waals surface area contributed by atoms with E-state index in [0.29, 0.717) is 12.5 Å². The molecule has 1 N–H and O–H groups in total. The number of amides is 3. The van der Waals surface area contributed by atoms with Crippen LogP contribution >= 0.6 is 0 Å². The summed E-state index contributed by atoms with van der Waals surface area (Å²) in [6.07, 6.45) is 7.08. The first-order valence-corrected chi connectivity index (χ1v) is 10.6. The number of imide groups is 1. The lowest BCUT2D eigenvalue weighted by Gasteiger charge is -2.32. The molecule has 4 rings (SSSR count). The van der Waals surface area contributed by atoms with E-state index in [1.165, 1.54) is 10.5 Å². The number of likely N-dealkylation sites (tertiary alicyclic amines) is 1. The molecule has 2 heterocycles. The highest BCUT2D eigenvalue weighted by molar-refractivity contribution is 6.07. The molecule has 0 aromatic heterocycles. The van der Waals surface area contributed by atoms with Gasteiger partial charge in [-0.1, -0.05) is 25.0 Å². The topological polar surface area (TPSA) is 61.9 Å². The molecule has 3 fully saturated rings. The van der Waals surface area contributed by atoms with Crippen LogP contribution in [0.5, 0.6) is 5.75 Å². The SMILES string of the molecule is COc1ccc(CC2CCN(CCN3C(=O)NC4(CCCC4)C3=O)CC2)cc1. The van der Waals surface area contributed by atoms with Crippen molar-refractivity contribution in [3.05, 3.63) is 29.8 Å². The predicted octanol–water partition coefficient (Wildman–Crippen LogP) is 2.81. The average Bonchev–Trinajstić information content (AvgIpc) is 3.27. The fraction of sp³-hybridized carbons (Fsp3) is 0.636. The second kappa shape index (κ2) is 8.11. The minimum absolute atomic E-state index is 0.00407. The number of hydrogen-bond acceptors (Lipinski definition) is 4. The minimum Gasteiger partial charge on any atom is -0.497 e. The lowest BCUT2D eigenvalue weighted by atomic mass is 9.90. The molecule has 1 spiro atoms. The normalized spacial score (nSPS) is 22.8. The average molecular weight is 386 g/mol. The Bertz CT molecular complexity index is 704. The first kappa shape index (κ1) is 19.2. The van der Waals surface area contributed by atoms with Crippen LogP contribution in [-0.2, 0) is 11.2 Å². The van der Waals surface area contributed by atoms with Crippen LogP contribution in [0.25, 0.3) is 0 Å². The van der Waals surface area contributed by atoms with Crippen molar-refractivity contribution >= 4 is 11.9 Å². The lowest BCUT2D eigenvalue weighted by molar-refractivity contribution is -0.131. The molecule has 6 heteroatoms. The number of rotatable bonds is 6. The predicted molar refractivity (Wildman–Crippen MR) is 107 cm³/mol. The molecule has 1 aromatic carbocycles. The highest BCUT2D eigenvalue weighted by Crippen LogP contribution is 2.35. The third-order valence-electron chi connectivity index (χ3n) is 6.73. The molecule has 152 valence electrons. The zero-order valence-corrected chi connectivity index (χ0v) is 16.8. The molecule has 2 saturated heterocycles. The zero-order valence-electron chi connectivity index (χ0n) is 16.8. The summed E-state index contributed by atoms with van der Waals surface area (Å²) in [5.74, 6) is 1.60. The van der Waals surface area contributed by atoms with Crippen LogP contribution in [0.3, 0.4) is 0 Å². The number of piperidine rings is 1. The van der Waals surface area contributed by atoms with Gasteiger partial charge in [-0.3, -0.25) is 9.69 Å². The van der Waals surface area contributed by atoms with E-state index in [0.717, 1.165) is 70.3 Å². The Morgan fingerprint density at radius 1 is 1.07 bits per heavy atom. The number of ether oxygens (including phenoxy) is 1. The molecule has 0 atom stereocenters. The summed E-state index contributed by atoms with van der Waals surface area (Å²) >= 11 is 0. The summed E-state index contributed by atoms with van der Waals surface area (Å²) in [6, 6.07) is 8.17. The van der Waals surface area contributed by atoms with Crippen molar-refractivity contribution in [3.63, 3.8) is 0 Å². The van der Waals surface area contributed by atoms with Crippen LogP contribution in [-0.4, -0.2) is 60.6 Å². The summed E-state index contributed by atoms with van der Waals surface area (Å²) < 4.78 is 5.22. The van der Waals surface area contributed by atoms with E-state index in [2.05, 4.69) is 22.3 Å². The van der Waals surface area contributed by atoms with Gasteiger partial charge >= 0.3 is 6.03 Å². The van der Waals surface area contributed by atoms with E-state index in [9.17, 15) is 9.59 Å². The summed E-state index contributed by atoms with van der Waals surface area (Å²) in [5.41, 5.74) is 0.781. The molecule has 0 unspecified atom stereocenters. The molecule has 0 radical (unpaired) electrons. The Hall–Kier alpha value is -2.08. The van der Waals surface area contributed by atoms with Crippen LogP contribution < -0.4 is 10.1 Å². The van der Waals surface area contributed by atoms with Gasteiger partial charge in [-0.2, -0.15) is 0 Å². The number of carbonyl (C=O) groups excluding carboxylic acids is 2. The van der Waals surface area contributed by atoms with Gasteiger partial charge in [0, 0.05) is 13.1 Å². The first-order valence-electron chi connectivity index (χ1n) is 10.6. The summed E-state index contributed by atoms with van der Waals surface area (Å²) in [5, 5.41) is 2.97.